The lowest BCUT2D eigenvalue weighted by Crippen LogP contribution is -2.24. The second kappa shape index (κ2) is 6.47. The van der Waals surface area contributed by atoms with Crippen molar-refractivity contribution in [2.24, 2.45) is 0 Å². The summed E-state index contributed by atoms with van der Waals surface area (Å²) in [6, 6.07) is 8.78. The Bertz CT molecular complexity index is 986. The van der Waals surface area contributed by atoms with Crippen LogP contribution in [0.5, 0.6) is 5.75 Å². The van der Waals surface area contributed by atoms with E-state index in [9.17, 15) is 9.59 Å². The number of H-pyrrole nitrogens is 1. The van der Waals surface area contributed by atoms with E-state index in [1.165, 1.54) is 18.2 Å². The van der Waals surface area contributed by atoms with E-state index in [2.05, 4.69) is 10.3 Å². The van der Waals surface area contributed by atoms with Gasteiger partial charge in [0.05, 0.1) is 0 Å². The Morgan fingerprint density at radius 2 is 2.12 bits per heavy atom. The van der Waals surface area contributed by atoms with Gasteiger partial charge in [0, 0.05) is 23.6 Å². The summed E-state index contributed by atoms with van der Waals surface area (Å²) in [7, 11) is 0. The second-order valence-corrected chi connectivity index (χ2v) is 6.12. The van der Waals surface area contributed by atoms with Crippen molar-refractivity contribution in [3.05, 3.63) is 58.2 Å². The molecule has 4 rings (SSSR count). The smallest absolute Gasteiger partial charge is 0.271 e. The molecule has 0 saturated carbocycles. The first-order chi connectivity index (χ1) is 12.2. The highest BCUT2D eigenvalue weighted by Gasteiger charge is 2.18. The molecule has 0 unspecified atom stereocenters. The lowest BCUT2D eigenvalue weighted by atomic mass is 9.96. The van der Waals surface area contributed by atoms with Crippen molar-refractivity contribution in [1.29, 1.82) is 0 Å². The van der Waals surface area contributed by atoms with E-state index >= 15 is 0 Å². The molecule has 3 aromatic rings. The molecular formula is C19H18N2O4. The lowest BCUT2D eigenvalue weighted by molar-refractivity contribution is -0.118. The molecule has 0 aliphatic heterocycles. The predicted molar refractivity (Wildman–Crippen MR) is 94.0 cm³/mol. The van der Waals surface area contributed by atoms with Crippen LogP contribution >= 0.6 is 0 Å². The maximum absolute atomic E-state index is 12.0. The van der Waals surface area contributed by atoms with Gasteiger partial charge in [0.15, 0.2) is 6.61 Å². The summed E-state index contributed by atoms with van der Waals surface area (Å²) >= 11 is 0. The van der Waals surface area contributed by atoms with E-state index < -0.39 is 0 Å². The van der Waals surface area contributed by atoms with Gasteiger partial charge in [-0.2, -0.15) is 0 Å². The maximum Gasteiger partial charge on any atom is 0.271 e. The number of hydrogen-bond acceptors (Lipinski definition) is 4. The Labute approximate surface area is 143 Å². The number of furan rings is 1. The Kier molecular flexibility index (Phi) is 4.01. The third-order valence-corrected chi connectivity index (χ3v) is 4.39. The van der Waals surface area contributed by atoms with Gasteiger partial charge in [-0.1, -0.05) is 0 Å². The highest BCUT2D eigenvalue weighted by Crippen LogP contribution is 2.33. The molecule has 0 radical (unpaired) electrons. The molecule has 1 amide bonds. The zero-order valence-corrected chi connectivity index (χ0v) is 13.6. The number of benzene rings is 1. The molecule has 6 nitrogen and oxygen atoms in total. The van der Waals surface area contributed by atoms with E-state index in [0.717, 1.165) is 36.0 Å². The first-order valence-electron chi connectivity index (χ1n) is 8.35. The first-order valence-corrected chi connectivity index (χ1v) is 8.35. The summed E-state index contributed by atoms with van der Waals surface area (Å²) in [6.07, 6.45) is 5.84. The molecule has 0 fully saturated rings. The SMILES string of the molecule is O=C(COc1ccc2oc3c(c2c1)CCCC3)Nc1ccc[nH]c1=O. The number of carbonyl (C=O) groups is 1. The van der Waals surface area contributed by atoms with Crippen LogP contribution in [0.3, 0.4) is 0 Å². The van der Waals surface area contributed by atoms with E-state index in [1.54, 1.807) is 18.2 Å². The van der Waals surface area contributed by atoms with Crippen molar-refractivity contribution < 1.29 is 13.9 Å². The zero-order valence-electron chi connectivity index (χ0n) is 13.6. The molecule has 2 heterocycles. The average molecular weight is 338 g/mol. The predicted octanol–water partition coefficient (Wildman–Crippen LogP) is 3.02. The number of amides is 1. The molecule has 0 bridgehead atoms. The molecule has 1 aliphatic rings. The fourth-order valence-corrected chi connectivity index (χ4v) is 3.19. The molecule has 6 heteroatoms. The number of carbonyl (C=O) groups excluding carboxylic acids is 1. The van der Waals surface area contributed by atoms with Crippen LogP contribution in [-0.2, 0) is 17.6 Å². The van der Waals surface area contributed by atoms with E-state index in [4.69, 9.17) is 9.15 Å². The highest BCUT2D eigenvalue weighted by atomic mass is 16.5. The minimum Gasteiger partial charge on any atom is -0.484 e. The number of nitrogens with one attached hydrogen (secondary N) is 2. The van der Waals surface area contributed by atoms with Crippen LogP contribution in [0.1, 0.15) is 24.2 Å². The summed E-state index contributed by atoms with van der Waals surface area (Å²) in [5.74, 6) is 1.30. The van der Waals surface area contributed by atoms with Crippen LogP contribution in [0.2, 0.25) is 0 Å². The van der Waals surface area contributed by atoms with Crippen LogP contribution in [-0.4, -0.2) is 17.5 Å². The number of aromatic amines is 1. The van der Waals surface area contributed by atoms with E-state index in [0.29, 0.717) is 5.75 Å². The van der Waals surface area contributed by atoms with Crippen LogP contribution < -0.4 is 15.6 Å². The van der Waals surface area contributed by atoms with Gasteiger partial charge < -0.3 is 19.5 Å². The van der Waals surface area contributed by atoms with Gasteiger partial charge in [-0.3, -0.25) is 9.59 Å². The number of rotatable bonds is 4. The van der Waals surface area contributed by atoms with Gasteiger partial charge >= 0.3 is 0 Å². The fourth-order valence-electron chi connectivity index (χ4n) is 3.19. The van der Waals surface area contributed by atoms with Crippen molar-refractivity contribution in [3.8, 4) is 5.75 Å². The van der Waals surface area contributed by atoms with Crippen molar-refractivity contribution in [1.82, 2.24) is 4.98 Å². The minimum absolute atomic E-state index is 0.167. The Morgan fingerprint density at radius 3 is 3.00 bits per heavy atom. The average Bonchev–Trinajstić information content (AvgIpc) is 3.00. The highest BCUT2D eigenvalue weighted by molar-refractivity contribution is 5.91. The third-order valence-electron chi connectivity index (χ3n) is 4.39. The molecule has 2 N–H and O–H groups in total. The molecule has 0 saturated heterocycles. The second-order valence-electron chi connectivity index (χ2n) is 6.12. The zero-order chi connectivity index (χ0) is 17.2. The van der Waals surface area contributed by atoms with Crippen LogP contribution in [0.25, 0.3) is 11.0 Å². The maximum atomic E-state index is 12.0. The monoisotopic (exact) mass is 338 g/mol. The van der Waals surface area contributed by atoms with Crippen LogP contribution in [0.15, 0.2) is 45.7 Å². The Hall–Kier alpha value is -3.02. The van der Waals surface area contributed by atoms with Crippen molar-refractivity contribution in [2.75, 3.05) is 11.9 Å². The summed E-state index contributed by atoms with van der Waals surface area (Å²) in [6.45, 7) is -0.167. The van der Waals surface area contributed by atoms with E-state index in [-0.39, 0.29) is 23.8 Å². The molecule has 0 atom stereocenters. The molecule has 1 aliphatic carbocycles. The van der Waals surface area contributed by atoms with Crippen molar-refractivity contribution >= 4 is 22.6 Å². The first kappa shape index (κ1) is 15.5. The number of anilines is 1. The van der Waals surface area contributed by atoms with Gasteiger partial charge in [0.25, 0.3) is 11.5 Å². The minimum atomic E-state index is -0.383. The Balaban J connectivity index is 1.46. The number of aromatic nitrogens is 1. The summed E-state index contributed by atoms with van der Waals surface area (Å²) < 4.78 is 11.5. The number of hydrogen-bond donors (Lipinski definition) is 2. The largest absolute Gasteiger partial charge is 0.484 e. The summed E-state index contributed by atoms with van der Waals surface area (Å²) in [4.78, 5) is 26.0. The molecule has 2 aromatic heterocycles. The number of aryl methyl sites for hydroxylation is 2. The van der Waals surface area contributed by atoms with Crippen molar-refractivity contribution in [3.63, 3.8) is 0 Å². The van der Waals surface area contributed by atoms with Gasteiger partial charge in [0.2, 0.25) is 0 Å². The quantitative estimate of drug-likeness (QED) is 0.766. The lowest BCUT2D eigenvalue weighted by Gasteiger charge is -2.09. The summed E-state index contributed by atoms with van der Waals surface area (Å²) in [5.41, 5.74) is 1.98. The van der Waals surface area contributed by atoms with E-state index in [1.807, 2.05) is 12.1 Å². The summed E-state index contributed by atoms with van der Waals surface area (Å²) in [5, 5.41) is 3.60. The normalized spacial score (nSPS) is 13.4. The molecule has 25 heavy (non-hydrogen) atoms. The van der Waals surface area contributed by atoms with Gasteiger partial charge in [0.1, 0.15) is 22.8 Å². The number of ether oxygens (including phenoxy) is 1. The molecular weight excluding hydrogens is 320 g/mol. The molecule has 0 spiro atoms. The third kappa shape index (κ3) is 3.15. The van der Waals surface area contributed by atoms with Crippen molar-refractivity contribution in [2.45, 2.75) is 25.7 Å². The van der Waals surface area contributed by atoms with Gasteiger partial charge in [-0.15, -0.1) is 0 Å². The topological polar surface area (TPSA) is 84.3 Å². The number of fused-ring (bicyclic) bond motifs is 3. The molecule has 128 valence electrons. The standard InChI is InChI=1S/C19H18N2O4/c22-18(21-15-5-3-9-20-19(15)23)11-24-12-7-8-17-14(10-12)13-4-1-2-6-16(13)25-17/h3,5,7-10H,1-2,4,6,11H2,(H,20,23)(H,21,22). The number of pyridine rings is 1. The van der Waals surface area contributed by atoms with Crippen LogP contribution in [0, 0.1) is 0 Å². The fraction of sp³-hybridized carbons (Fsp3) is 0.263. The van der Waals surface area contributed by atoms with Gasteiger partial charge in [-0.25, -0.2) is 0 Å². The van der Waals surface area contributed by atoms with Gasteiger partial charge in [-0.05, 0) is 49.6 Å². The van der Waals surface area contributed by atoms with Crippen LogP contribution in [0.4, 0.5) is 5.69 Å². The molecule has 1 aromatic carbocycles. The Morgan fingerprint density at radius 1 is 1.24 bits per heavy atom.